The SMILES string of the molecule is Cc1[nH]c(=O)c(N)cc1-c1cccc(O)c1. The molecule has 16 heavy (non-hydrogen) atoms. The Bertz CT molecular complexity index is 588. The summed E-state index contributed by atoms with van der Waals surface area (Å²) >= 11 is 0. The molecule has 82 valence electrons. The highest BCUT2D eigenvalue weighted by atomic mass is 16.3. The molecule has 0 unspecified atom stereocenters. The van der Waals surface area contributed by atoms with E-state index in [2.05, 4.69) is 4.98 Å². The van der Waals surface area contributed by atoms with E-state index in [0.29, 0.717) is 0 Å². The molecule has 0 fully saturated rings. The Labute approximate surface area is 92.4 Å². The first-order valence-corrected chi connectivity index (χ1v) is 4.87. The lowest BCUT2D eigenvalue weighted by molar-refractivity contribution is 0.475. The molecule has 0 aliphatic rings. The van der Waals surface area contributed by atoms with Crippen LogP contribution in [-0.4, -0.2) is 10.1 Å². The molecule has 0 atom stereocenters. The predicted molar refractivity (Wildman–Crippen MR) is 63.3 cm³/mol. The minimum atomic E-state index is -0.290. The molecule has 2 rings (SSSR count). The van der Waals surface area contributed by atoms with Gasteiger partial charge in [-0.3, -0.25) is 4.79 Å². The smallest absolute Gasteiger partial charge is 0.271 e. The minimum absolute atomic E-state index is 0.170. The van der Waals surface area contributed by atoms with Gasteiger partial charge in [0.25, 0.3) is 5.56 Å². The zero-order valence-corrected chi connectivity index (χ0v) is 8.82. The first-order chi connectivity index (χ1) is 7.58. The summed E-state index contributed by atoms with van der Waals surface area (Å²) in [4.78, 5) is 13.9. The second-order valence-electron chi connectivity index (χ2n) is 3.64. The van der Waals surface area contributed by atoms with E-state index in [1.165, 1.54) is 0 Å². The lowest BCUT2D eigenvalue weighted by Gasteiger charge is -2.07. The van der Waals surface area contributed by atoms with Gasteiger partial charge in [-0.2, -0.15) is 0 Å². The van der Waals surface area contributed by atoms with E-state index < -0.39 is 0 Å². The van der Waals surface area contributed by atoms with Crippen molar-refractivity contribution in [2.75, 3.05) is 5.73 Å². The van der Waals surface area contributed by atoms with Gasteiger partial charge in [-0.05, 0) is 30.7 Å². The van der Waals surface area contributed by atoms with Crippen LogP contribution in [-0.2, 0) is 0 Å². The van der Waals surface area contributed by atoms with Crippen LogP contribution >= 0.6 is 0 Å². The molecule has 0 bridgehead atoms. The standard InChI is InChI=1S/C12H12N2O2/c1-7-10(6-11(13)12(16)14-7)8-3-2-4-9(15)5-8/h2-6,15H,13H2,1H3,(H,14,16). The number of phenolic OH excluding ortho intramolecular Hbond substituents is 1. The number of hydrogen-bond acceptors (Lipinski definition) is 3. The summed E-state index contributed by atoms with van der Waals surface area (Å²) in [6, 6.07) is 8.42. The van der Waals surface area contributed by atoms with Crippen molar-refractivity contribution >= 4 is 5.69 Å². The number of aromatic nitrogens is 1. The van der Waals surface area contributed by atoms with Crippen molar-refractivity contribution in [3.63, 3.8) is 0 Å². The van der Waals surface area contributed by atoms with Gasteiger partial charge in [0.2, 0.25) is 0 Å². The molecule has 0 amide bonds. The maximum atomic E-state index is 11.3. The summed E-state index contributed by atoms with van der Waals surface area (Å²) in [7, 11) is 0. The molecule has 4 heteroatoms. The van der Waals surface area contributed by atoms with Gasteiger partial charge in [0.05, 0.1) is 5.69 Å². The zero-order valence-electron chi connectivity index (χ0n) is 8.82. The number of anilines is 1. The van der Waals surface area contributed by atoms with E-state index in [4.69, 9.17) is 5.73 Å². The second kappa shape index (κ2) is 3.73. The van der Waals surface area contributed by atoms with Gasteiger partial charge in [-0.1, -0.05) is 12.1 Å². The molecule has 0 aliphatic carbocycles. The molecule has 0 saturated heterocycles. The fourth-order valence-corrected chi connectivity index (χ4v) is 1.61. The average molecular weight is 216 g/mol. The molecule has 1 aromatic heterocycles. The molecule has 2 aromatic rings. The van der Waals surface area contributed by atoms with Crippen molar-refractivity contribution in [3.8, 4) is 16.9 Å². The zero-order chi connectivity index (χ0) is 11.7. The third-order valence-electron chi connectivity index (χ3n) is 2.42. The quantitative estimate of drug-likeness (QED) is 0.678. The van der Waals surface area contributed by atoms with Crippen molar-refractivity contribution in [2.24, 2.45) is 0 Å². The summed E-state index contributed by atoms with van der Waals surface area (Å²) in [5, 5.41) is 9.39. The van der Waals surface area contributed by atoms with Crippen LogP contribution in [0.4, 0.5) is 5.69 Å². The van der Waals surface area contributed by atoms with Crippen molar-refractivity contribution in [2.45, 2.75) is 6.92 Å². The number of nitrogens with two attached hydrogens (primary N) is 1. The largest absolute Gasteiger partial charge is 0.508 e. The van der Waals surface area contributed by atoms with Gasteiger partial charge in [-0.15, -0.1) is 0 Å². The van der Waals surface area contributed by atoms with E-state index in [-0.39, 0.29) is 17.0 Å². The van der Waals surface area contributed by atoms with E-state index >= 15 is 0 Å². The number of benzene rings is 1. The van der Waals surface area contributed by atoms with E-state index in [0.717, 1.165) is 16.8 Å². The van der Waals surface area contributed by atoms with Crippen LogP contribution < -0.4 is 11.3 Å². The average Bonchev–Trinajstić information content (AvgIpc) is 2.23. The first kappa shape index (κ1) is 10.3. The number of rotatable bonds is 1. The van der Waals surface area contributed by atoms with Crippen LogP contribution in [0.25, 0.3) is 11.1 Å². The minimum Gasteiger partial charge on any atom is -0.508 e. The van der Waals surface area contributed by atoms with Crippen LogP contribution in [0.15, 0.2) is 35.1 Å². The number of pyridine rings is 1. The molecule has 0 aliphatic heterocycles. The number of phenols is 1. The molecule has 4 nitrogen and oxygen atoms in total. The Balaban J connectivity index is 2.65. The van der Waals surface area contributed by atoms with E-state index in [1.807, 2.05) is 6.07 Å². The highest BCUT2D eigenvalue weighted by molar-refractivity contribution is 5.69. The fourth-order valence-electron chi connectivity index (χ4n) is 1.61. The first-order valence-electron chi connectivity index (χ1n) is 4.87. The van der Waals surface area contributed by atoms with Crippen molar-refractivity contribution in [3.05, 3.63) is 46.4 Å². The van der Waals surface area contributed by atoms with Crippen LogP contribution in [0.5, 0.6) is 5.75 Å². The number of aromatic hydroxyl groups is 1. The highest BCUT2D eigenvalue weighted by Gasteiger charge is 2.05. The van der Waals surface area contributed by atoms with E-state index in [1.54, 1.807) is 31.2 Å². The van der Waals surface area contributed by atoms with Crippen LogP contribution in [0.3, 0.4) is 0 Å². The highest BCUT2D eigenvalue weighted by Crippen LogP contribution is 2.25. The number of H-pyrrole nitrogens is 1. The molecular weight excluding hydrogens is 204 g/mol. The van der Waals surface area contributed by atoms with Gasteiger partial charge in [0.15, 0.2) is 0 Å². The van der Waals surface area contributed by atoms with Gasteiger partial charge < -0.3 is 15.8 Å². The topological polar surface area (TPSA) is 79.1 Å². The normalized spacial score (nSPS) is 10.3. The monoisotopic (exact) mass is 216 g/mol. The van der Waals surface area contributed by atoms with Gasteiger partial charge >= 0.3 is 0 Å². The van der Waals surface area contributed by atoms with Gasteiger partial charge in [0.1, 0.15) is 5.75 Å². The number of aromatic amines is 1. The molecular formula is C12H12N2O2. The molecule has 1 heterocycles. The summed E-state index contributed by atoms with van der Waals surface area (Å²) in [5.74, 6) is 0.182. The van der Waals surface area contributed by atoms with Crippen molar-refractivity contribution in [1.82, 2.24) is 4.98 Å². The Morgan fingerprint density at radius 2 is 2.06 bits per heavy atom. The molecule has 0 spiro atoms. The Morgan fingerprint density at radius 1 is 1.31 bits per heavy atom. The Kier molecular flexibility index (Phi) is 2.40. The molecule has 4 N–H and O–H groups in total. The van der Waals surface area contributed by atoms with Crippen LogP contribution in [0.2, 0.25) is 0 Å². The van der Waals surface area contributed by atoms with Crippen LogP contribution in [0, 0.1) is 6.92 Å². The van der Waals surface area contributed by atoms with Crippen molar-refractivity contribution < 1.29 is 5.11 Å². The molecule has 0 saturated carbocycles. The number of nitrogens with one attached hydrogen (secondary N) is 1. The maximum Gasteiger partial charge on any atom is 0.271 e. The lowest BCUT2D eigenvalue weighted by Crippen LogP contribution is -2.13. The Morgan fingerprint density at radius 3 is 2.75 bits per heavy atom. The van der Waals surface area contributed by atoms with E-state index in [9.17, 15) is 9.90 Å². The maximum absolute atomic E-state index is 11.3. The van der Waals surface area contributed by atoms with Crippen molar-refractivity contribution in [1.29, 1.82) is 0 Å². The third kappa shape index (κ3) is 1.77. The van der Waals surface area contributed by atoms with Crippen LogP contribution in [0.1, 0.15) is 5.69 Å². The molecule has 1 aromatic carbocycles. The summed E-state index contributed by atoms with van der Waals surface area (Å²) in [6.07, 6.45) is 0. The van der Waals surface area contributed by atoms with Gasteiger partial charge in [-0.25, -0.2) is 0 Å². The summed E-state index contributed by atoms with van der Waals surface area (Å²) in [6.45, 7) is 1.79. The summed E-state index contributed by atoms with van der Waals surface area (Å²) in [5.41, 5.74) is 7.80. The lowest BCUT2D eigenvalue weighted by atomic mass is 10.0. The number of hydrogen-bond donors (Lipinski definition) is 3. The third-order valence-corrected chi connectivity index (χ3v) is 2.42. The predicted octanol–water partition coefficient (Wildman–Crippen LogP) is 1.64. The second-order valence-corrected chi connectivity index (χ2v) is 3.64. The number of nitrogen functional groups attached to an aromatic ring is 1. The molecule has 0 radical (unpaired) electrons. The van der Waals surface area contributed by atoms with Gasteiger partial charge in [0, 0.05) is 11.3 Å². The fraction of sp³-hybridized carbons (Fsp3) is 0.0833. The Hall–Kier alpha value is -2.23. The number of aryl methyl sites for hydroxylation is 1. The summed E-state index contributed by atoms with van der Waals surface area (Å²) < 4.78 is 0.